The van der Waals surface area contributed by atoms with Gasteiger partial charge in [0.25, 0.3) is 0 Å². The molecule has 0 radical (unpaired) electrons. The zero-order valence-electron chi connectivity index (χ0n) is 11.2. The van der Waals surface area contributed by atoms with Gasteiger partial charge >= 0.3 is 0 Å². The molecule has 2 aromatic rings. The minimum Gasteiger partial charge on any atom is -0.379 e. The Kier molecular flexibility index (Phi) is 3.64. The first-order chi connectivity index (χ1) is 8.53. The van der Waals surface area contributed by atoms with Crippen LogP contribution >= 0.6 is 0 Å². The van der Waals surface area contributed by atoms with Crippen LogP contribution in [0.4, 0.5) is 0 Å². The van der Waals surface area contributed by atoms with E-state index in [1.807, 2.05) is 18.3 Å². The third kappa shape index (κ3) is 2.68. The highest BCUT2D eigenvalue weighted by atomic mass is 16.5. The minimum atomic E-state index is -0.214. The van der Waals surface area contributed by atoms with Crippen LogP contribution in [0.15, 0.2) is 36.7 Å². The molecule has 0 saturated carbocycles. The van der Waals surface area contributed by atoms with Gasteiger partial charge in [-0.2, -0.15) is 0 Å². The fraction of sp³-hybridized carbons (Fsp3) is 0.400. The molecule has 0 fully saturated rings. The van der Waals surface area contributed by atoms with E-state index in [0.29, 0.717) is 0 Å². The highest BCUT2D eigenvalue weighted by Gasteiger charge is 2.22. The van der Waals surface area contributed by atoms with Crippen LogP contribution in [0, 0.1) is 0 Å². The van der Waals surface area contributed by atoms with Crippen molar-refractivity contribution in [2.24, 2.45) is 5.73 Å². The molecular weight excluding hydrogens is 224 g/mol. The molecule has 1 heterocycles. The molecule has 96 valence electrons. The number of nitrogens with zero attached hydrogens (tertiary/aromatic N) is 1. The van der Waals surface area contributed by atoms with Crippen molar-refractivity contribution in [3.05, 3.63) is 42.2 Å². The van der Waals surface area contributed by atoms with Crippen LogP contribution in [-0.2, 0) is 4.74 Å². The van der Waals surface area contributed by atoms with E-state index >= 15 is 0 Å². The summed E-state index contributed by atoms with van der Waals surface area (Å²) in [5.41, 5.74) is 7.26. The van der Waals surface area contributed by atoms with Crippen LogP contribution in [0.5, 0.6) is 0 Å². The maximum Gasteiger partial charge on any atom is 0.0640 e. The zero-order chi connectivity index (χ0) is 13.2. The molecule has 0 aliphatic carbocycles. The van der Waals surface area contributed by atoms with Crippen molar-refractivity contribution >= 4 is 10.8 Å². The van der Waals surface area contributed by atoms with Crippen molar-refractivity contribution in [1.29, 1.82) is 0 Å². The maximum absolute atomic E-state index is 6.32. The number of rotatable bonds is 4. The SMILES string of the molecule is COC(C)(C)CC(N)c1cccc2cnccc12. The number of fused-ring (bicyclic) bond motifs is 1. The van der Waals surface area contributed by atoms with Gasteiger partial charge in [0.1, 0.15) is 0 Å². The van der Waals surface area contributed by atoms with Crippen LogP contribution < -0.4 is 5.73 Å². The Balaban J connectivity index is 2.36. The van der Waals surface area contributed by atoms with Gasteiger partial charge in [0.05, 0.1) is 5.60 Å². The van der Waals surface area contributed by atoms with Crippen molar-refractivity contribution in [2.45, 2.75) is 31.9 Å². The molecule has 1 aromatic carbocycles. The van der Waals surface area contributed by atoms with E-state index in [9.17, 15) is 0 Å². The summed E-state index contributed by atoms with van der Waals surface area (Å²) in [6.07, 6.45) is 4.46. The Morgan fingerprint density at radius 1 is 1.33 bits per heavy atom. The first kappa shape index (κ1) is 13.0. The molecular formula is C15H20N2O. The Morgan fingerprint density at radius 2 is 2.11 bits per heavy atom. The summed E-state index contributed by atoms with van der Waals surface area (Å²) in [5.74, 6) is 0. The van der Waals surface area contributed by atoms with E-state index in [-0.39, 0.29) is 11.6 Å². The predicted molar refractivity (Wildman–Crippen MR) is 74.4 cm³/mol. The molecule has 1 aromatic heterocycles. The topological polar surface area (TPSA) is 48.1 Å². The van der Waals surface area contributed by atoms with Gasteiger partial charge in [-0.25, -0.2) is 0 Å². The lowest BCUT2D eigenvalue weighted by Gasteiger charge is -2.27. The number of nitrogens with two attached hydrogens (primary N) is 1. The van der Waals surface area contributed by atoms with Gasteiger partial charge < -0.3 is 10.5 Å². The van der Waals surface area contributed by atoms with Crippen LogP contribution in [0.2, 0.25) is 0 Å². The van der Waals surface area contributed by atoms with Gasteiger partial charge in [-0.3, -0.25) is 4.98 Å². The summed E-state index contributed by atoms with van der Waals surface area (Å²) in [7, 11) is 1.72. The summed E-state index contributed by atoms with van der Waals surface area (Å²) in [4.78, 5) is 4.14. The molecule has 0 saturated heterocycles. The third-order valence-corrected chi connectivity index (χ3v) is 3.38. The van der Waals surface area contributed by atoms with E-state index < -0.39 is 0 Å². The Bertz CT molecular complexity index is 532. The fourth-order valence-corrected chi connectivity index (χ4v) is 2.19. The van der Waals surface area contributed by atoms with Crippen LogP contribution in [0.25, 0.3) is 10.8 Å². The second-order valence-electron chi connectivity index (χ2n) is 5.22. The van der Waals surface area contributed by atoms with Crippen LogP contribution in [-0.4, -0.2) is 17.7 Å². The number of methoxy groups -OCH3 is 1. The van der Waals surface area contributed by atoms with Crippen LogP contribution in [0.1, 0.15) is 31.9 Å². The van der Waals surface area contributed by atoms with Crippen molar-refractivity contribution in [3.8, 4) is 0 Å². The maximum atomic E-state index is 6.32. The Morgan fingerprint density at radius 3 is 2.83 bits per heavy atom. The van der Waals surface area contributed by atoms with Crippen LogP contribution in [0.3, 0.4) is 0 Å². The number of hydrogen-bond acceptors (Lipinski definition) is 3. The first-order valence-electron chi connectivity index (χ1n) is 6.17. The molecule has 3 heteroatoms. The van der Waals surface area contributed by atoms with E-state index in [2.05, 4.69) is 31.0 Å². The molecule has 1 unspecified atom stereocenters. The molecule has 2 rings (SSSR count). The molecule has 0 amide bonds. The van der Waals surface area contributed by atoms with Gasteiger partial charge in [0.15, 0.2) is 0 Å². The van der Waals surface area contributed by atoms with Crippen molar-refractivity contribution in [3.63, 3.8) is 0 Å². The molecule has 0 bridgehead atoms. The zero-order valence-corrected chi connectivity index (χ0v) is 11.2. The van der Waals surface area contributed by atoms with Crippen molar-refractivity contribution in [1.82, 2.24) is 4.98 Å². The van der Waals surface area contributed by atoms with E-state index in [1.165, 1.54) is 5.39 Å². The molecule has 18 heavy (non-hydrogen) atoms. The van der Waals surface area contributed by atoms with E-state index in [1.54, 1.807) is 13.3 Å². The normalized spacial score (nSPS) is 13.8. The molecule has 0 aliphatic rings. The monoisotopic (exact) mass is 244 g/mol. The average molecular weight is 244 g/mol. The van der Waals surface area contributed by atoms with Gasteiger partial charge in [0.2, 0.25) is 0 Å². The van der Waals surface area contributed by atoms with Gasteiger partial charge in [-0.05, 0) is 37.3 Å². The number of pyridine rings is 1. The summed E-state index contributed by atoms with van der Waals surface area (Å²) in [6.45, 7) is 4.11. The predicted octanol–water partition coefficient (Wildman–Crippen LogP) is 3.05. The van der Waals surface area contributed by atoms with Crippen molar-refractivity contribution < 1.29 is 4.74 Å². The standard InChI is InChI=1S/C15H20N2O/c1-15(2,18-3)9-14(16)13-6-4-5-11-10-17-8-7-12(11)13/h4-8,10,14H,9,16H2,1-3H3. The minimum absolute atomic E-state index is 0.0361. The van der Waals surface area contributed by atoms with Gasteiger partial charge in [-0.1, -0.05) is 18.2 Å². The molecule has 0 aliphatic heterocycles. The van der Waals surface area contributed by atoms with Crippen molar-refractivity contribution in [2.75, 3.05) is 7.11 Å². The summed E-state index contributed by atoms with van der Waals surface area (Å²) in [6, 6.07) is 8.15. The third-order valence-electron chi connectivity index (χ3n) is 3.38. The lowest BCUT2D eigenvalue weighted by Crippen LogP contribution is -2.28. The lowest BCUT2D eigenvalue weighted by molar-refractivity contribution is 0.0101. The van der Waals surface area contributed by atoms with E-state index in [4.69, 9.17) is 10.5 Å². The summed E-state index contributed by atoms with van der Waals surface area (Å²) in [5, 5.41) is 2.30. The van der Waals surface area contributed by atoms with Gasteiger partial charge in [0, 0.05) is 30.9 Å². The number of ether oxygens (including phenoxy) is 1. The number of hydrogen-bond donors (Lipinski definition) is 1. The highest BCUT2D eigenvalue weighted by molar-refractivity contribution is 5.85. The Hall–Kier alpha value is -1.45. The fourth-order valence-electron chi connectivity index (χ4n) is 2.19. The molecule has 1 atom stereocenters. The Labute approximate surface area is 108 Å². The molecule has 0 spiro atoms. The number of aromatic nitrogens is 1. The summed E-state index contributed by atoms with van der Waals surface area (Å²) < 4.78 is 5.45. The average Bonchev–Trinajstić information content (AvgIpc) is 2.37. The smallest absolute Gasteiger partial charge is 0.0640 e. The van der Waals surface area contributed by atoms with E-state index in [0.717, 1.165) is 17.4 Å². The summed E-state index contributed by atoms with van der Waals surface area (Å²) >= 11 is 0. The van der Waals surface area contributed by atoms with Gasteiger partial charge in [-0.15, -0.1) is 0 Å². The first-order valence-corrected chi connectivity index (χ1v) is 6.17. The number of benzene rings is 1. The second kappa shape index (κ2) is 5.04. The highest BCUT2D eigenvalue weighted by Crippen LogP contribution is 2.28. The second-order valence-corrected chi connectivity index (χ2v) is 5.22. The largest absolute Gasteiger partial charge is 0.379 e. The lowest BCUT2D eigenvalue weighted by atomic mass is 9.92. The quantitative estimate of drug-likeness (QED) is 0.899. The molecule has 3 nitrogen and oxygen atoms in total. The molecule has 2 N–H and O–H groups in total.